The molecule has 0 fully saturated rings. The minimum atomic E-state index is -0.257. The topological polar surface area (TPSA) is 45.0 Å². The minimum Gasteiger partial charge on any atom is -0.272 e. The van der Waals surface area contributed by atoms with Gasteiger partial charge in [-0.05, 0) is 37.0 Å². The number of hydroxylamine groups is 1. The molecule has 1 N–H and O–H groups in total. The molecular formula is C13H13FN2O. The Morgan fingerprint density at radius 2 is 2.06 bits per heavy atom. The Kier molecular flexibility index (Phi) is 3.73. The number of allylic oxidation sites excluding steroid dienone is 2. The first kappa shape index (κ1) is 11.6. The lowest BCUT2D eigenvalue weighted by Gasteiger charge is -2.08. The first-order chi connectivity index (χ1) is 8.29. The van der Waals surface area contributed by atoms with Crippen molar-refractivity contribution in [2.75, 3.05) is 0 Å². The van der Waals surface area contributed by atoms with Gasteiger partial charge in [0.2, 0.25) is 0 Å². The summed E-state index contributed by atoms with van der Waals surface area (Å²) in [6, 6.07) is 8.30. The molecule has 1 aliphatic carbocycles. The Labute approximate surface area is 99.5 Å². The molecule has 0 aliphatic heterocycles. The van der Waals surface area contributed by atoms with Crippen molar-refractivity contribution in [1.82, 2.24) is 5.48 Å². The second-order valence-corrected chi connectivity index (χ2v) is 3.94. The highest BCUT2D eigenvalue weighted by atomic mass is 19.1. The van der Waals surface area contributed by atoms with Gasteiger partial charge in [-0.2, -0.15) is 5.26 Å². The van der Waals surface area contributed by atoms with E-state index in [9.17, 15) is 4.39 Å². The summed E-state index contributed by atoms with van der Waals surface area (Å²) in [7, 11) is 0. The number of halogens is 1. The lowest BCUT2D eigenvalue weighted by molar-refractivity contribution is 0.0474. The molecule has 0 radical (unpaired) electrons. The summed E-state index contributed by atoms with van der Waals surface area (Å²) in [6.07, 6.45) is 2.66. The van der Waals surface area contributed by atoms with E-state index in [0.29, 0.717) is 6.61 Å². The van der Waals surface area contributed by atoms with Crippen LogP contribution in [0.25, 0.3) is 0 Å². The molecule has 0 saturated heterocycles. The van der Waals surface area contributed by atoms with E-state index in [0.717, 1.165) is 36.1 Å². The summed E-state index contributed by atoms with van der Waals surface area (Å²) in [5, 5.41) is 8.84. The number of nitrogens with one attached hydrogen (secondary N) is 1. The number of hydrogen-bond donors (Lipinski definition) is 1. The van der Waals surface area contributed by atoms with Crippen LogP contribution in [0.1, 0.15) is 24.8 Å². The molecule has 17 heavy (non-hydrogen) atoms. The fraction of sp³-hybridized carbons (Fsp3) is 0.308. The maximum atomic E-state index is 12.7. The largest absolute Gasteiger partial charge is 0.272 e. The summed E-state index contributed by atoms with van der Waals surface area (Å²) in [6.45, 7) is 0.350. The van der Waals surface area contributed by atoms with Crippen molar-refractivity contribution in [1.29, 1.82) is 5.26 Å². The van der Waals surface area contributed by atoms with Gasteiger partial charge in [-0.3, -0.25) is 10.3 Å². The van der Waals surface area contributed by atoms with Crippen LogP contribution >= 0.6 is 0 Å². The highest BCUT2D eigenvalue weighted by Gasteiger charge is 2.13. The van der Waals surface area contributed by atoms with E-state index < -0.39 is 0 Å². The van der Waals surface area contributed by atoms with Crippen LogP contribution in [-0.4, -0.2) is 0 Å². The van der Waals surface area contributed by atoms with Crippen molar-refractivity contribution in [3.05, 3.63) is 46.9 Å². The van der Waals surface area contributed by atoms with Gasteiger partial charge in [0, 0.05) is 0 Å². The number of hydrogen-bond acceptors (Lipinski definition) is 3. The van der Waals surface area contributed by atoms with Crippen LogP contribution in [0.5, 0.6) is 0 Å². The zero-order chi connectivity index (χ0) is 12.1. The molecule has 0 spiro atoms. The normalized spacial score (nSPS) is 14.8. The van der Waals surface area contributed by atoms with E-state index in [2.05, 4.69) is 11.5 Å². The molecular weight excluding hydrogens is 219 g/mol. The molecule has 0 unspecified atom stereocenters. The number of rotatable bonds is 4. The summed E-state index contributed by atoms with van der Waals surface area (Å²) >= 11 is 0. The Bertz CT molecular complexity index is 459. The van der Waals surface area contributed by atoms with Crippen molar-refractivity contribution in [2.45, 2.75) is 25.9 Å². The number of benzene rings is 1. The van der Waals surface area contributed by atoms with E-state index in [1.165, 1.54) is 12.1 Å². The molecule has 0 heterocycles. The zero-order valence-corrected chi connectivity index (χ0v) is 9.37. The summed E-state index contributed by atoms with van der Waals surface area (Å²) in [5.41, 5.74) is 5.33. The van der Waals surface area contributed by atoms with E-state index in [4.69, 9.17) is 10.1 Å². The van der Waals surface area contributed by atoms with E-state index in [1.54, 1.807) is 12.1 Å². The van der Waals surface area contributed by atoms with Gasteiger partial charge < -0.3 is 0 Å². The van der Waals surface area contributed by atoms with Gasteiger partial charge in [-0.25, -0.2) is 4.39 Å². The van der Waals surface area contributed by atoms with Crippen LogP contribution in [0.15, 0.2) is 35.5 Å². The van der Waals surface area contributed by atoms with Crippen molar-refractivity contribution in [3.8, 4) is 6.07 Å². The van der Waals surface area contributed by atoms with Crippen molar-refractivity contribution in [3.63, 3.8) is 0 Å². The van der Waals surface area contributed by atoms with Crippen LogP contribution in [0.4, 0.5) is 4.39 Å². The fourth-order valence-electron chi connectivity index (χ4n) is 1.77. The standard InChI is InChI=1S/C13H13FN2O/c14-12-6-4-10(5-7-12)9-17-16-13-3-1-2-11(13)8-15/h4-7,16H,1-3,9H2. The van der Waals surface area contributed by atoms with Gasteiger partial charge in [0.15, 0.2) is 0 Å². The maximum Gasteiger partial charge on any atom is 0.123 e. The Morgan fingerprint density at radius 3 is 2.76 bits per heavy atom. The predicted molar refractivity (Wildman–Crippen MR) is 60.8 cm³/mol. The van der Waals surface area contributed by atoms with Crippen molar-refractivity contribution >= 4 is 0 Å². The first-order valence-electron chi connectivity index (χ1n) is 5.54. The zero-order valence-electron chi connectivity index (χ0n) is 9.37. The van der Waals surface area contributed by atoms with Gasteiger partial charge in [0.1, 0.15) is 5.82 Å². The maximum absolute atomic E-state index is 12.7. The Morgan fingerprint density at radius 1 is 1.29 bits per heavy atom. The van der Waals surface area contributed by atoms with Gasteiger partial charge in [-0.15, -0.1) is 0 Å². The molecule has 0 aromatic heterocycles. The van der Waals surface area contributed by atoms with Crippen LogP contribution in [0.2, 0.25) is 0 Å². The molecule has 1 aromatic rings. The summed E-state index contributed by atoms with van der Waals surface area (Å²) in [5.74, 6) is -0.257. The Hall–Kier alpha value is -1.86. The molecule has 0 atom stereocenters. The third-order valence-corrected chi connectivity index (χ3v) is 2.70. The smallest absolute Gasteiger partial charge is 0.123 e. The van der Waals surface area contributed by atoms with Gasteiger partial charge in [0.05, 0.1) is 23.9 Å². The van der Waals surface area contributed by atoms with Crippen LogP contribution in [0, 0.1) is 17.1 Å². The van der Waals surface area contributed by atoms with E-state index >= 15 is 0 Å². The molecule has 2 rings (SSSR count). The highest BCUT2D eigenvalue weighted by Crippen LogP contribution is 2.23. The average molecular weight is 232 g/mol. The predicted octanol–water partition coefficient (Wildman–Crippen LogP) is 2.81. The van der Waals surface area contributed by atoms with Crippen molar-refractivity contribution < 1.29 is 9.23 Å². The molecule has 88 valence electrons. The third kappa shape index (κ3) is 3.05. The molecule has 0 amide bonds. The van der Waals surface area contributed by atoms with Crippen LogP contribution in [-0.2, 0) is 11.4 Å². The van der Waals surface area contributed by atoms with Gasteiger partial charge in [0.25, 0.3) is 0 Å². The average Bonchev–Trinajstić information content (AvgIpc) is 2.79. The molecule has 4 heteroatoms. The third-order valence-electron chi connectivity index (χ3n) is 2.70. The quantitative estimate of drug-likeness (QED) is 0.812. The van der Waals surface area contributed by atoms with Crippen LogP contribution < -0.4 is 5.48 Å². The second kappa shape index (κ2) is 5.46. The molecule has 1 aliphatic rings. The van der Waals surface area contributed by atoms with E-state index in [-0.39, 0.29) is 5.82 Å². The first-order valence-corrected chi connectivity index (χ1v) is 5.54. The van der Waals surface area contributed by atoms with Crippen molar-refractivity contribution in [2.24, 2.45) is 0 Å². The molecule has 0 saturated carbocycles. The second-order valence-electron chi connectivity index (χ2n) is 3.94. The van der Waals surface area contributed by atoms with Gasteiger partial charge >= 0.3 is 0 Å². The molecule has 1 aromatic carbocycles. The Balaban J connectivity index is 1.84. The monoisotopic (exact) mass is 232 g/mol. The van der Waals surface area contributed by atoms with E-state index in [1.807, 2.05) is 0 Å². The number of nitrogens with zero attached hydrogens (tertiary/aromatic N) is 1. The minimum absolute atomic E-state index is 0.257. The highest BCUT2D eigenvalue weighted by molar-refractivity contribution is 5.29. The summed E-state index contributed by atoms with van der Waals surface area (Å²) < 4.78 is 12.7. The fourth-order valence-corrected chi connectivity index (χ4v) is 1.77. The SMILES string of the molecule is N#CC1=C(NOCc2ccc(F)cc2)CCC1. The van der Waals surface area contributed by atoms with Gasteiger partial charge in [-0.1, -0.05) is 12.1 Å². The lowest BCUT2D eigenvalue weighted by atomic mass is 10.2. The molecule has 0 bridgehead atoms. The lowest BCUT2D eigenvalue weighted by Crippen LogP contribution is -2.13. The molecule has 3 nitrogen and oxygen atoms in total. The summed E-state index contributed by atoms with van der Waals surface area (Å²) in [4.78, 5) is 5.29. The van der Waals surface area contributed by atoms with Crippen LogP contribution in [0.3, 0.4) is 0 Å². The number of nitriles is 1.